The van der Waals surface area contributed by atoms with E-state index in [1.165, 1.54) is 36.4 Å². The molecular formula is C21H17FN2O4. The number of non-ortho nitro benzene ring substituents is 1. The maximum atomic E-state index is 12.9. The number of benzene rings is 3. The van der Waals surface area contributed by atoms with Gasteiger partial charge in [0.2, 0.25) is 0 Å². The molecule has 6 nitrogen and oxygen atoms in total. The van der Waals surface area contributed by atoms with Crippen molar-refractivity contribution >= 4 is 11.6 Å². The van der Waals surface area contributed by atoms with Crippen molar-refractivity contribution in [2.45, 2.75) is 13.2 Å². The van der Waals surface area contributed by atoms with Gasteiger partial charge >= 0.3 is 0 Å². The Bertz CT molecular complexity index is 972. The molecule has 3 aromatic carbocycles. The second-order valence-corrected chi connectivity index (χ2v) is 6.05. The molecule has 0 bridgehead atoms. The van der Waals surface area contributed by atoms with E-state index in [-0.39, 0.29) is 29.5 Å². The molecule has 7 heteroatoms. The zero-order valence-electron chi connectivity index (χ0n) is 14.8. The van der Waals surface area contributed by atoms with E-state index in [4.69, 9.17) is 4.74 Å². The summed E-state index contributed by atoms with van der Waals surface area (Å²) in [7, 11) is 0. The van der Waals surface area contributed by atoms with Gasteiger partial charge in [0.25, 0.3) is 11.6 Å². The second-order valence-electron chi connectivity index (χ2n) is 6.05. The number of halogens is 1. The summed E-state index contributed by atoms with van der Waals surface area (Å²) >= 11 is 0. The van der Waals surface area contributed by atoms with Crippen molar-refractivity contribution in [1.29, 1.82) is 0 Å². The molecule has 142 valence electrons. The lowest BCUT2D eigenvalue weighted by Crippen LogP contribution is -2.22. The molecule has 0 heterocycles. The maximum Gasteiger partial charge on any atom is 0.270 e. The zero-order valence-corrected chi connectivity index (χ0v) is 14.8. The lowest BCUT2D eigenvalue weighted by molar-refractivity contribution is -0.384. The van der Waals surface area contributed by atoms with Crippen LogP contribution in [0.5, 0.6) is 5.75 Å². The highest BCUT2D eigenvalue weighted by molar-refractivity contribution is 5.94. The monoisotopic (exact) mass is 380 g/mol. The smallest absolute Gasteiger partial charge is 0.270 e. The molecule has 0 saturated carbocycles. The molecule has 0 aliphatic rings. The molecule has 3 aromatic rings. The number of amides is 1. The van der Waals surface area contributed by atoms with E-state index in [1.807, 2.05) is 12.1 Å². The van der Waals surface area contributed by atoms with Crippen LogP contribution in [0.2, 0.25) is 0 Å². The minimum absolute atomic E-state index is 0.129. The summed E-state index contributed by atoms with van der Waals surface area (Å²) in [6, 6.07) is 18.8. The average Bonchev–Trinajstić information content (AvgIpc) is 2.72. The highest BCUT2D eigenvalue weighted by atomic mass is 19.1. The van der Waals surface area contributed by atoms with Crippen molar-refractivity contribution < 1.29 is 18.8 Å². The Labute approximate surface area is 160 Å². The van der Waals surface area contributed by atoms with E-state index >= 15 is 0 Å². The van der Waals surface area contributed by atoms with Crippen molar-refractivity contribution in [3.63, 3.8) is 0 Å². The molecule has 0 aliphatic carbocycles. The molecule has 0 saturated heterocycles. The molecule has 0 aliphatic heterocycles. The molecule has 1 N–H and O–H groups in total. The van der Waals surface area contributed by atoms with E-state index < -0.39 is 4.92 Å². The Hall–Kier alpha value is -3.74. The molecule has 3 rings (SSSR count). The normalized spacial score (nSPS) is 10.3. The van der Waals surface area contributed by atoms with Crippen LogP contribution >= 0.6 is 0 Å². The van der Waals surface area contributed by atoms with Gasteiger partial charge in [0.1, 0.15) is 18.2 Å². The summed E-state index contributed by atoms with van der Waals surface area (Å²) in [6.45, 7) is 0.600. The average molecular weight is 380 g/mol. The maximum absolute atomic E-state index is 12.9. The highest BCUT2D eigenvalue weighted by Crippen LogP contribution is 2.16. The Morgan fingerprint density at radius 3 is 2.36 bits per heavy atom. The predicted octanol–water partition coefficient (Wildman–Crippen LogP) is 4.24. The van der Waals surface area contributed by atoms with Crippen molar-refractivity contribution in [3.8, 4) is 5.75 Å². The van der Waals surface area contributed by atoms with Crippen LogP contribution in [-0.4, -0.2) is 10.8 Å². The molecular weight excluding hydrogens is 363 g/mol. The SMILES string of the molecule is O=C(NCc1ccc(OCc2ccc(F)cc2)cc1)c1cccc([N+](=O)[O-])c1. The number of hydrogen-bond acceptors (Lipinski definition) is 4. The van der Waals surface area contributed by atoms with Gasteiger partial charge in [-0.2, -0.15) is 0 Å². The second kappa shape index (κ2) is 8.77. The number of hydrogen-bond donors (Lipinski definition) is 1. The number of nitro benzene ring substituents is 1. The van der Waals surface area contributed by atoms with Crippen LogP contribution in [0.1, 0.15) is 21.5 Å². The number of ether oxygens (including phenoxy) is 1. The fourth-order valence-corrected chi connectivity index (χ4v) is 2.50. The van der Waals surface area contributed by atoms with Gasteiger partial charge < -0.3 is 10.1 Å². The quantitative estimate of drug-likeness (QED) is 0.491. The van der Waals surface area contributed by atoms with Crippen molar-refractivity contribution in [2.75, 3.05) is 0 Å². The van der Waals surface area contributed by atoms with Gasteiger partial charge in [-0.1, -0.05) is 30.3 Å². The molecule has 0 fully saturated rings. The molecule has 28 heavy (non-hydrogen) atoms. The number of nitrogens with one attached hydrogen (secondary N) is 1. The minimum atomic E-state index is -0.540. The number of carbonyl (C=O) groups excluding carboxylic acids is 1. The molecule has 0 radical (unpaired) electrons. The topological polar surface area (TPSA) is 81.5 Å². The van der Waals surface area contributed by atoms with Gasteiger partial charge in [-0.05, 0) is 41.5 Å². The summed E-state index contributed by atoms with van der Waals surface area (Å²) in [5.41, 5.74) is 1.81. The van der Waals surface area contributed by atoms with Crippen LogP contribution in [-0.2, 0) is 13.2 Å². The number of nitrogens with zero attached hydrogens (tertiary/aromatic N) is 1. The first-order valence-corrected chi connectivity index (χ1v) is 8.50. The third kappa shape index (κ3) is 5.14. The summed E-state index contributed by atoms with van der Waals surface area (Å²) in [5.74, 6) is -0.0290. The van der Waals surface area contributed by atoms with Gasteiger partial charge in [0, 0.05) is 24.2 Å². The Morgan fingerprint density at radius 2 is 1.68 bits per heavy atom. The lowest BCUT2D eigenvalue weighted by atomic mass is 10.1. The van der Waals surface area contributed by atoms with Gasteiger partial charge in [0.15, 0.2) is 0 Å². The molecule has 1 amide bonds. The molecule has 0 spiro atoms. The summed E-state index contributed by atoms with van der Waals surface area (Å²) < 4.78 is 18.5. The van der Waals surface area contributed by atoms with Crippen molar-refractivity contribution in [3.05, 3.63) is 105 Å². The van der Waals surface area contributed by atoms with Gasteiger partial charge in [-0.25, -0.2) is 4.39 Å². The van der Waals surface area contributed by atoms with E-state index in [9.17, 15) is 19.3 Å². The lowest BCUT2D eigenvalue weighted by Gasteiger charge is -2.08. The minimum Gasteiger partial charge on any atom is -0.489 e. The number of rotatable bonds is 7. The molecule has 0 unspecified atom stereocenters. The first-order valence-electron chi connectivity index (χ1n) is 8.50. The molecule has 0 atom stereocenters. The zero-order chi connectivity index (χ0) is 19.9. The Morgan fingerprint density at radius 1 is 1.00 bits per heavy atom. The van der Waals surface area contributed by atoms with Gasteiger partial charge in [-0.3, -0.25) is 14.9 Å². The standard InChI is InChI=1S/C21H17FN2O4/c22-18-8-4-16(5-9-18)14-28-20-10-6-15(7-11-20)13-23-21(25)17-2-1-3-19(12-17)24(26)27/h1-12H,13-14H2,(H,23,25). The summed E-state index contributed by atoms with van der Waals surface area (Å²) in [6.07, 6.45) is 0. The van der Waals surface area contributed by atoms with Gasteiger partial charge in [0.05, 0.1) is 4.92 Å². The van der Waals surface area contributed by atoms with Crippen LogP contribution in [0.4, 0.5) is 10.1 Å². The van der Waals surface area contributed by atoms with Crippen molar-refractivity contribution in [2.24, 2.45) is 0 Å². The fraction of sp³-hybridized carbons (Fsp3) is 0.0952. The molecule has 0 aromatic heterocycles. The Kier molecular flexibility index (Phi) is 5.96. The first kappa shape index (κ1) is 19.0. The van der Waals surface area contributed by atoms with Crippen LogP contribution in [0.15, 0.2) is 72.8 Å². The first-order chi connectivity index (χ1) is 13.5. The van der Waals surface area contributed by atoms with Gasteiger partial charge in [-0.15, -0.1) is 0 Å². The summed E-state index contributed by atoms with van der Waals surface area (Å²) in [5, 5.41) is 13.5. The van der Waals surface area contributed by atoms with Crippen LogP contribution in [0, 0.1) is 15.9 Å². The third-order valence-electron chi connectivity index (χ3n) is 4.01. The third-order valence-corrected chi connectivity index (χ3v) is 4.01. The van der Waals surface area contributed by atoms with E-state index in [1.54, 1.807) is 24.3 Å². The fourth-order valence-electron chi connectivity index (χ4n) is 2.50. The summed E-state index contributed by atoms with van der Waals surface area (Å²) in [4.78, 5) is 22.4. The van der Waals surface area contributed by atoms with Crippen LogP contribution < -0.4 is 10.1 Å². The van der Waals surface area contributed by atoms with E-state index in [0.29, 0.717) is 12.4 Å². The predicted molar refractivity (Wildman–Crippen MR) is 101 cm³/mol. The van der Waals surface area contributed by atoms with Crippen LogP contribution in [0.3, 0.4) is 0 Å². The Balaban J connectivity index is 1.52. The van der Waals surface area contributed by atoms with Crippen LogP contribution in [0.25, 0.3) is 0 Å². The number of carbonyl (C=O) groups is 1. The van der Waals surface area contributed by atoms with E-state index in [2.05, 4.69) is 5.32 Å². The van der Waals surface area contributed by atoms with Crippen molar-refractivity contribution in [1.82, 2.24) is 5.32 Å². The largest absolute Gasteiger partial charge is 0.489 e. The van der Waals surface area contributed by atoms with E-state index in [0.717, 1.165) is 11.1 Å². The highest BCUT2D eigenvalue weighted by Gasteiger charge is 2.11. The number of nitro groups is 1.